The number of fused-ring (bicyclic) bond motifs is 3. The lowest BCUT2D eigenvalue weighted by molar-refractivity contribution is 0.413. The molecule has 0 amide bonds. The van der Waals surface area contributed by atoms with Crippen LogP contribution >= 0.6 is 0 Å². The molecule has 3 aromatic rings. The number of nitrogens with zero attached hydrogens (tertiary/aromatic N) is 5. The second kappa shape index (κ2) is 5.97. The molecule has 3 heterocycles. The fourth-order valence-electron chi connectivity index (χ4n) is 3.98. The summed E-state index contributed by atoms with van der Waals surface area (Å²) in [4.78, 5) is 15.7. The monoisotopic (exact) mass is 364 g/mol. The fraction of sp³-hybridized carbons (Fsp3) is 0.350. The van der Waals surface area contributed by atoms with Crippen molar-refractivity contribution in [1.82, 2.24) is 19.5 Å². The van der Waals surface area contributed by atoms with E-state index in [0.717, 1.165) is 51.1 Å². The third-order valence-corrected chi connectivity index (χ3v) is 5.34. The molecule has 0 saturated heterocycles. The molecule has 1 aliphatic carbocycles. The van der Waals surface area contributed by atoms with Crippen LogP contribution in [0.3, 0.4) is 0 Å². The van der Waals surface area contributed by atoms with Gasteiger partial charge in [-0.25, -0.2) is 15.0 Å². The second-order valence-electron chi connectivity index (χ2n) is 7.39. The summed E-state index contributed by atoms with van der Waals surface area (Å²) in [7, 11) is 3.99. The lowest BCUT2D eigenvalue weighted by atomic mass is 9.93. The Kier molecular flexibility index (Phi) is 3.83. The Morgan fingerprint density at radius 1 is 1.22 bits per heavy atom. The molecule has 0 bridgehead atoms. The zero-order valence-electron chi connectivity index (χ0n) is 16.3. The summed E-state index contributed by atoms with van der Waals surface area (Å²) < 4.78 is 2.04. The Balaban J connectivity index is 2.21. The molecule has 3 N–H and O–H groups in total. The number of hydrogen-bond donors (Lipinski definition) is 2. The first-order valence-electron chi connectivity index (χ1n) is 9.01. The van der Waals surface area contributed by atoms with Crippen molar-refractivity contribution < 1.29 is 5.11 Å². The smallest absolute Gasteiger partial charge is 0.152 e. The quantitative estimate of drug-likeness (QED) is 0.721. The Labute approximate surface area is 157 Å². The highest BCUT2D eigenvalue weighted by Crippen LogP contribution is 2.40. The maximum Gasteiger partial charge on any atom is 0.152 e. The van der Waals surface area contributed by atoms with Gasteiger partial charge in [0.25, 0.3) is 0 Å². The van der Waals surface area contributed by atoms with Crippen LogP contribution in [0.5, 0.6) is 0 Å². The van der Waals surface area contributed by atoms with Crippen LogP contribution in [0.25, 0.3) is 27.8 Å². The van der Waals surface area contributed by atoms with Gasteiger partial charge in [-0.2, -0.15) is 0 Å². The number of aliphatic hydroxyl groups excluding tert-OH is 1. The summed E-state index contributed by atoms with van der Waals surface area (Å²) in [6, 6.07) is 2.09. The van der Waals surface area contributed by atoms with E-state index in [1.807, 2.05) is 43.5 Å². The van der Waals surface area contributed by atoms with E-state index in [1.54, 1.807) is 0 Å². The van der Waals surface area contributed by atoms with E-state index in [4.69, 9.17) is 10.7 Å². The number of pyridine rings is 1. The van der Waals surface area contributed by atoms with Gasteiger partial charge in [-0.05, 0) is 32.4 Å². The Hall–Kier alpha value is -3.09. The van der Waals surface area contributed by atoms with Crippen molar-refractivity contribution in [3.05, 3.63) is 35.5 Å². The predicted octanol–water partition coefficient (Wildman–Crippen LogP) is 3.65. The molecule has 7 nitrogen and oxygen atoms in total. The summed E-state index contributed by atoms with van der Waals surface area (Å²) >= 11 is 0. The van der Waals surface area contributed by atoms with Crippen LogP contribution in [0.2, 0.25) is 0 Å². The van der Waals surface area contributed by atoms with Gasteiger partial charge < -0.3 is 15.7 Å². The van der Waals surface area contributed by atoms with Crippen LogP contribution in [0.15, 0.2) is 29.8 Å². The van der Waals surface area contributed by atoms with Gasteiger partial charge in [0, 0.05) is 36.7 Å². The van der Waals surface area contributed by atoms with Gasteiger partial charge >= 0.3 is 0 Å². The molecule has 1 atom stereocenters. The van der Waals surface area contributed by atoms with Crippen molar-refractivity contribution in [2.24, 2.45) is 5.92 Å². The Morgan fingerprint density at radius 3 is 2.67 bits per heavy atom. The van der Waals surface area contributed by atoms with Crippen molar-refractivity contribution in [2.75, 3.05) is 24.7 Å². The number of allylic oxidation sites excluding steroid dienone is 3. The normalized spacial score (nSPS) is 17.7. The van der Waals surface area contributed by atoms with Crippen LogP contribution in [-0.2, 0) is 0 Å². The average molecular weight is 364 g/mol. The van der Waals surface area contributed by atoms with Crippen LogP contribution < -0.4 is 10.6 Å². The summed E-state index contributed by atoms with van der Waals surface area (Å²) in [5.41, 5.74) is 11.5. The molecule has 4 rings (SSSR count). The molecule has 1 unspecified atom stereocenters. The van der Waals surface area contributed by atoms with E-state index in [1.165, 1.54) is 6.33 Å². The SMILES string of the molecule is CC1=C(n2c3nc(C)c(N(C)C)cc3c3c(N)ncnc32)C(C)CC=C1O. The molecule has 0 aliphatic heterocycles. The van der Waals surface area contributed by atoms with Gasteiger partial charge in [0.05, 0.1) is 16.8 Å². The first-order chi connectivity index (χ1) is 12.8. The van der Waals surface area contributed by atoms with E-state index >= 15 is 0 Å². The van der Waals surface area contributed by atoms with Crippen molar-refractivity contribution >= 4 is 39.3 Å². The van der Waals surface area contributed by atoms with Crippen molar-refractivity contribution in [3.63, 3.8) is 0 Å². The molecule has 1 aliphatic rings. The lowest BCUT2D eigenvalue weighted by Crippen LogP contribution is -2.15. The van der Waals surface area contributed by atoms with Crippen LogP contribution in [0.4, 0.5) is 11.5 Å². The van der Waals surface area contributed by atoms with E-state index < -0.39 is 0 Å². The van der Waals surface area contributed by atoms with E-state index in [2.05, 4.69) is 23.0 Å². The summed E-state index contributed by atoms with van der Waals surface area (Å²) in [5.74, 6) is 0.953. The van der Waals surface area contributed by atoms with Crippen molar-refractivity contribution in [1.29, 1.82) is 0 Å². The Morgan fingerprint density at radius 2 is 1.96 bits per heavy atom. The van der Waals surface area contributed by atoms with Gasteiger partial charge in [-0.1, -0.05) is 6.92 Å². The summed E-state index contributed by atoms with van der Waals surface area (Å²) in [6.07, 6.45) is 4.10. The zero-order valence-corrected chi connectivity index (χ0v) is 16.3. The third kappa shape index (κ3) is 2.45. The van der Waals surface area contributed by atoms with Crippen molar-refractivity contribution in [2.45, 2.75) is 27.2 Å². The maximum atomic E-state index is 10.3. The first kappa shape index (κ1) is 17.3. The van der Waals surface area contributed by atoms with Gasteiger partial charge in [0.2, 0.25) is 0 Å². The topological polar surface area (TPSA) is 93.1 Å². The number of nitrogen functional groups attached to an aromatic ring is 1. The molecule has 7 heteroatoms. The van der Waals surface area contributed by atoms with Gasteiger partial charge in [-0.3, -0.25) is 4.57 Å². The highest BCUT2D eigenvalue weighted by atomic mass is 16.3. The standard InChI is InChI=1S/C20H24N6O/c1-10-6-7-15(27)11(2)17(10)26-19-13(8-14(25(4)5)12(3)24-19)16-18(21)22-9-23-20(16)26/h7-10,27H,6H2,1-5H3,(H2,21,22,23). The molecular weight excluding hydrogens is 340 g/mol. The first-order valence-corrected chi connectivity index (χ1v) is 9.01. The molecule has 0 spiro atoms. The summed E-state index contributed by atoms with van der Waals surface area (Å²) in [6.45, 7) is 6.07. The minimum Gasteiger partial charge on any atom is -0.508 e. The zero-order chi connectivity index (χ0) is 19.5. The molecule has 140 valence electrons. The van der Waals surface area contributed by atoms with Gasteiger partial charge in [0.15, 0.2) is 5.65 Å². The molecule has 0 radical (unpaired) electrons. The molecule has 0 fully saturated rings. The fourth-order valence-corrected chi connectivity index (χ4v) is 3.98. The number of nitrogens with two attached hydrogens (primary N) is 1. The molecular formula is C20H24N6O. The van der Waals surface area contributed by atoms with E-state index in [0.29, 0.717) is 11.6 Å². The second-order valence-corrected chi connectivity index (χ2v) is 7.39. The number of aryl methyl sites for hydroxylation is 1. The number of aromatic nitrogens is 4. The van der Waals surface area contributed by atoms with E-state index in [-0.39, 0.29) is 5.92 Å². The highest BCUT2D eigenvalue weighted by Gasteiger charge is 2.26. The van der Waals surface area contributed by atoms with Gasteiger partial charge in [-0.15, -0.1) is 0 Å². The summed E-state index contributed by atoms with van der Waals surface area (Å²) in [5, 5.41) is 12.1. The van der Waals surface area contributed by atoms with Crippen LogP contribution in [-0.4, -0.2) is 38.7 Å². The highest BCUT2D eigenvalue weighted by molar-refractivity contribution is 6.12. The molecule has 27 heavy (non-hydrogen) atoms. The van der Waals surface area contributed by atoms with Crippen LogP contribution in [0.1, 0.15) is 26.0 Å². The minimum atomic E-state index is 0.214. The van der Waals surface area contributed by atoms with Gasteiger partial charge in [0.1, 0.15) is 23.6 Å². The maximum absolute atomic E-state index is 10.3. The number of anilines is 2. The molecule has 0 saturated carbocycles. The number of aliphatic hydroxyl groups is 1. The Bertz CT molecular complexity index is 1140. The van der Waals surface area contributed by atoms with Crippen LogP contribution in [0, 0.1) is 12.8 Å². The lowest BCUT2D eigenvalue weighted by Gasteiger charge is -2.24. The minimum absolute atomic E-state index is 0.214. The largest absolute Gasteiger partial charge is 0.508 e. The van der Waals surface area contributed by atoms with Crippen molar-refractivity contribution in [3.8, 4) is 0 Å². The number of hydrogen-bond acceptors (Lipinski definition) is 6. The third-order valence-electron chi connectivity index (χ3n) is 5.34. The average Bonchev–Trinajstić information content (AvgIpc) is 2.92. The predicted molar refractivity (Wildman–Crippen MR) is 110 cm³/mol. The molecule has 3 aromatic heterocycles. The number of rotatable bonds is 2. The molecule has 0 aromatic carbocycles. The van der Waals surface area contributed by atoms with E-state index in [9.17, 15) is 5.11 Å².